The molecule has 0 aromatic rings. The van der Waals surface area contributed by atoms with Gasteiger partial charge in [0.15, 0.2) is 17.8 Å². The molecule has 1 aliphatic carbocycles. The van der Waals surface area contributed by atoms with Crippen molar-refractivity contribution >= 4 is 5.90 Å². The topological polar surface area (TPSA) is 80.5 Å². The van der Waals surface area contributed by atoms with Crippen LogP contribution in [0, 0.1) is 0 Å². The number of fused-ring (bicyclic) bond motifs is 3. The van der Waals surface area contributed by atoms with E-state index >= 15 is 0 Å². The summed E-state index contributed by atoms with van der Waals surface area (Å²) in [6.45, 7) is 5.30. The quantitative estimate of drug-likeness (QED) is 0.595. The fourth-order valence-corrected chi connectivity index (χ4v) is 2.85. The van der Waals surface area contributed by atoms with E-state index in [4.69, 9.17) is 14.2 Å². The van der Waals surface area contributed by atoms with Gasteiger partial charge in [0.1, 0.15) is 30.5 Å². The van der Waals surface area contributed by atoms with E-state index in [1.165, 1.54) is 0 Å². The first-order valence-corrected chi connectivity index (χ1v) is 5.82. The molecule has 6 atom stereocenters. The van der Waals surface area contributed by atoms with Gasteiger partial charge in [0, 0.05) is 6.92 Å². The smallest absolute Gasteiger partial charge is 0.181 e. The highest BCUT2D eigenvalue weighted by Gasteiger charge is 2.60. The van der Waals surface area contributed by atoms with Crippen molar-refractivity contribution in [2.45, 2.75) is 63.1 Å². The van der Waals surface area contributed by atoms with Crippen LogP contribution in [0.15, 0.2) is 4.99 Å². The Labute approximate surface area is 99.2 Å². The van der Waals surface area contributed by atoms with Gasteiger partial charge in [-0.2, -0.15) is 0 Å². The monoisotopic (exact) mass is 243 g/mol. The summed E-state index contributed by atoms with van der Waals surface area (Å²) in [5, 5.41) is 20.0. The van der Waals surface area contributed by atoms with Crippen molar-refractivity contribution in [3.05, 3.63) is 0 Å². The molecule has 17 heavy (non-hydrogen) atoms. The second-order valence-electron chi connectivity index (χ2n) is 5.27. The second kappa shape index (κ2) is 3.41. The summed E-state index contributed by atoms with van der Waals surface area (Å²) in [5.74, 6) is -0.253. The predicted molar refractivity (Wildman–Crippen MR) is 57.6 cm³/mol. The van der Waals surface area contributed by atoms with Crippen molar-refractivity contribution in [3.63, 3.8) is 0 Å². The molecule has 3 rings (SSSR count). The van der Waals surface area contributed by atoms with Gasteiger partial charge in [0.05, 0.1) is 0 Å². The molecule has 2 N–H and O–H groups in total. The van der Waals surface area contributed by atoms with Crippen LogP contribution in [0.3, 0.4) is 0 Å². The van der Waals surface area contributed by atoms with Gasteiger partial charge < -0.3 is 24.4 Å². The minimum Gasteiger partial charge on any atom is -0.473 e. The molecule has 1 saturated heterocycles. The Morgan fingerprint density at radius 2 is 1.65 bits per heavy atom. The first-order chi connectivity index (χ1) is 7.89. The van der Waals surface area contributed by atoms with Crippen LogP contribution in [0.5, 0.6) is 0 Å². The Hall–Kier alpha value is -0.690. The van der Waals surface area contributed by atoms with Crippen LogP contribution in [-0.2, 0) is 14.2 Å². The molecule has 0 bridgehead atoms. The number of aliphatic hydroxyl groups is 2. The maximum Gasteiger partial charge on any atom is 0.181 e. The molecular weight excluding hydrogens is 226 g/mol. The van der Waals surface area contributed by atoms with E-state index in [9.17, 15) is 10.2 Å². The van der Waals surface area contributed by atoms with Crippen molar-refractivity contribution in [3.8, 4) is 0 Å². The normalized spacial score (nSPS) is 51.5. The van der Waals surface area contributed by atoms with Crippen LogP contribution < -0.4 is 0 Å². The zero-order chi connectivity index (χ0) is 12.4. The zero-order valence-corrected chi connectivity index (χ0v) is 10.0. The third kappa shape index (κ3) is 1.59. The maximum absolute atomic E-state index is 10.0. The maximum atomic E-state index is 10.0. The molecule has 0 aromatic heterocycles. The van der Waals surface area contributed by atoms with Crippen LogP contribution >= 0.6 is 0 Å². The summed E-state index contributed by atoms with van der Waals surface area (Å²) in [7, 11) is 0. The van der Waals surface area contributed by atoms with E-state index in [1.54, 1.807) is 20.8 Å². The SMILES string of the molecule is CC1=N[C@H]2[C@@H](O1)[C@H](O)[C@H](O)[C@@H]1OC(C)(C)O[C@@H]21. The average molecular weight is 243 g/mol. The van der Waals surface area contributed by atoms with Crippen LogP contribution in [0.4, 0.5) is 0 Å². The molecule has 6 nitrogen and oxygen atoms in total. The molecule has 0 aromatic carbocycles. The number of aliphatic imine (C=N–C) groups is 1. The summed E-state index contributed by atoms with van der Waals surface area (Å²) in [6, 6.07) is -0.305. The Morgan fingerprint density at radius 1 is 1.06 bits per heavy atom. The third-order valence-corrected chi connectivity index (χ3v) is 3.50. The predicted octanol–water partition coefficient (Wildman–Crippen LogP) is -0.572. The summed E-state index contributed by atoms with van der Waals surface area (Å²) in [5.41, 5.74) is 0. The van der Waals surface area contributed by atoms with Gasteiger partial charge in [-0.3, -0.25) is 0 Å². The lowest BCUT2D eigenvalue weighted by Crippen LogP contribution is -2.61. The second-order valence-corrected chi connectivity index (χ2v) is 5.27. The molecule has 2 fully saturated rings. The number of rotatable bonds is 0. The first kappa shape index (κ1) is 11.4. The first-order valence-electron chi connectivity index (χ1n) is 5.82. The van der Waals surface area contributed by atoms with Gasteiger partial charge in [0.25, 0.3) is 0 Å². The molecule has 2 aliphatic heterocycles. The third-order valence-electron chi connectivity index (χ3n) is 3.50. The molecule has 2 heterocycles. The van der Waals surface area contributed by atoms with E-state index in [-0.39, 0.29) is 12.1 Å². The van der Waals surface area contributed by atoms with Crippen molar-refractivity contribution in [2.24, 2.45) is 4.99 Å². The number of hydrogen-bond donors (Lipinski definition) is 2. The minimum absolute atomic E-state index is 0.305. The Balaban J connectivity index is 1.94. The Kier molecular flexibility index (Phi) is 2.29. The van der Waals surface area contributed by atoms with Gasteiger partial charge in [-0.25, -0.2) is 4.99 Å². The summed E-state index contributed by atoms with van der Waals surface area (Å²) in [6.07, 6.45) is -3.47. The highest BCUT2D eigenvalue weighted by atomic mass is 16.8. The van der Waals surface area contributed by atoms with Gasteiger partial charge >= 0.3 is 0 Å². The van der Waals surface area contributed by atoms with Gasteiger partial charge in [0.2, 0.25) is 0 Å². The summed E-state index contributed by atoms with van der Waals surface area (Å²) >= 11 is 0. The molecular formula is C11H17NO5. The standard InChI is InChI=1S/C11H17NO5/c1-4-12-5-8(15-4)6(13)7(14)10-9(5)16-11(2,3)17-10/h5-10,13-14H,1-3H3/t5-,6+,7-,8+,9-,10-/m0/s1. The Morgan fingerprint density at radius 3 is 2.35 bits per heavy atom. The molecule has 1 saturated carbocycles. The molecule has 96 valence electrons. The fraction of sp³-hybridized carbons (Fsp3) is 0.909. The summed E-state index contributed by atoms with van der Waals surface area (Å²) in [4.78, 5) is 4.32. The number of ether oxygens (including phenoxy) is 3. The molecule has 0 spiro atoms. The van der Waals surface area contributed by atoms with E-state index < -0.39 is 30.2 Å². The average Bonchev–Trinajstić information content (AvgIpc) is 2.75. The highest BCUT2D eigenvalue weighted by molar-refractivity contribution is 5.75. The lowest BCUT2D eigenvalue weighted by molar-refractivity contribution is -0.164. The van der Waals surface area contributed by atoms with Crippen molar-refractivity contribution in [1.82, 2.24) is 0 Å². The number of nitrogens with zero attached hydrogens (tertiary/aromatic N) is 1. The lowest BCUT2D eigenvalue weighted by atomic mass is 9.84. The molecule has 0 unspecified atom stereocenters. The van der Waals surface area contributed by atoms with Crippen LogP contribution in [0.25, 0.3) is 0 Å². The highest BCUT2D eigenvalue weighted by Crippen LogP contribution is 2.41. The summed E-state index contributed by atoms with van der Waals surface area (Å²) < 4.78 is 16.8. The van der Waals surface area contributed by atoms with Crippen LogP contribution in [0.1, 0.15) is 20.8 Å². The van der Waals surface area contributed by atoms with E-state index in [0.717, 1.165) is 0 Å². The van der Waals surface area contributed by atoms with Crippen LogP contribution in [-0.4, -0.2) is 58.5 Å². The van der Waals surface area contributed by atoms with E-state index in [1.807, 2.05) is 0 Å². The number of hydrogen-bond acceptors (Lipinski definition) is 6. The van der Waals surface area contributed by atoms with Gasteiger partial charge in [-0.1, -0.05) is 0 Å². The lowest BCUT2D eigenvalue weighted by Gasteiger charge is -2.38. The van der Waals surface area contributed by atoms with E-state index in [0.29, 0.717) is 5.90 Å². The van der Waals surface area contributed by atoms with Crippen molar-refractivity contribution < 1.29 is 24.4 Å². The zero-order valence-electron chi connectivity index (χ0n) is 10.0. The molecule has 6 heteroatoms. The van der Waals surface area contributed by atoms with Crippen molar-refractivity contribution in [2.75, 3.05) is 0 Å². The molecule has 3 aliphatic rings. The van der Waals surface area contributed by atoms with Gasteiger partial charge in [-0.05, 0) is 13.8 Å². The number of aliphatic hydroxyl groups excluding tert-OH is 2. The Bertz CT molecular complexity index is 369. The minimum atomic E-state index is -1.01. The fourth-order valence-electron chi connectivity index (χ4n) is 2.85. The van der Waals surface area contributed by atoms with E-state index in [2.05, 4.69) is 4.99 Å². The van der Waals surface area contributed by atoms with Gasteiger partial charge in [-0.15, -0.1) is 0 Å². The van der Waals surface area contributed by atoms with Crippen molar-refractivity contribution in [1.29, 1.82) is 0 Å². The largest absolute Gasteiger partial charge is 0.473 e. The molecule has 0 radical (unpaired) electrons. The van der Waals surface area contributed by atoms with Crippen LogP contribution in [0.2, 0.25) is 0 Å². The molecule has 0 amide bonds.